The monoisotopic (exact) mass is 253 g/mol. The molecule has 0 N–H and O–H groups in total. The molecule has 96 valence electrons. The number of esters is 1. The summed E-state index contributed by atoms with van der Waals surface area (Å²) in [5.74, 6) is -0.612. The first kappa shape index (κ1) is 12.2. The Labute approximate surface area is 102 Å². The molecule has 2 aromatic heterocycles. The van der Waals surface area contributed by atoms with Crippen LogP contribution in [-0.2, 0) is 18.3 Å². The van der Waals surface area contributed by atoms with E-state index in [1.54, 1.807) is 24.1 Å². The minimum absolute atomic E-state index is 0.0220. The molecule has 0 unspecified atom stereocenters. The molecule has 0 bridgehead atoms. The van der Waals surface area contributed by atoms with Crippen LogP contribution in [-0.4, -0.2) is 44.5 Å². The molecule has 0 fully saturated rings. The first-order valence-corrected chi connectivity index (χ1v) is 5.24. The third-order valence-electron chi connectivity index (χ3n) is 2.39. The van der Waals surface area contributed by atoms with Crippen molar-refractivity contribution in [3.8, 4) is 11.3 Å². The van der Waals surface area contributed by atoms with Crippen molar-refractivity contribution in [1.82, 2.24) is 24.8 Å². The van der Waals surface area contributed by atoms with E-state index in [4.69, 9.17) is 0 Å². The molecule has 0 atom stereocenters. The third-order valence-corrected chi connectivity index (χ3v) is 2.39. The average Bonchev–Trinajstić information content (AvgIpc) is 2.95. The van der Waals surface area contributed by atoms with E-state index in [-0.39, 0.29) is 12.2 Å². The number of carbonyl (C=O) groups is 1. The lowest BCUT2D eigenvalue weighted by Crippen LogP contribution is -2.07. The molecule has 0 amide bonds. The number of carbonyl (C=O) groups excluding carboxylic acids is 1. The molecule has 0 aromatic carbocycles. The zero-order valence-corrected chi connectivity index (χ0v) is 10.00. The van der Waals surface area contributed by atoms with Gasteiger partial charge in [0.2, 0.25) is 0 Å². The minimum atomic E-state index is -0.612. The van der Waals surface area contributed by atoms with Crippen LogP contribution in [0.3, 0.4) is 0 Å². The molecule has 0 aliphatic rings. The van der Waals surface area contributed by atoms with Crippen LogP contribution in [0.5, 0.6) is 0 Å². The Kier molecular flexibility index (Phi) is 3.35. The summed E-state index contributed by atoms with van der Waals surface area (Å²) in [5.41, 5.74) is 1.10. The topological polar surface area (TPSA) is 74.8 Å². The zero-order chi connectivity index (χ0) is 13.1. The fraction of sp³-hybridized carbons (Fsp3) is 0.400. The van der Waals surface area contributed by atoms with Gasteiger partial charge in [0.05, 0.1) is 19.9 Å². The highest BCUT2D eigenvalue weighted by molar-refractivity contribution is 5.93. The molecule has 2 heterocycles. The minimum Gasteiger partial charge on any atom is -0.464 e. The summed E-state index contributed by atoms with van der Waals surface area (Å²) in [5, 5.41) is 11.5. The second-order valence-corrected chi connectivity index (χ2v) is 3.59. The molecule has 0 aliphatic carbocycles. The fourth-order valence-electron chi connectivity index (χ4n) is 1.61. The van der Waals surface area contributed by atoms with Crippen molar-refractivity contribution in [2.75, 3.05) is 13.8 Å². The summed E-state index contributed by atoms with van der Waals surface area (Å²) in [7, 11) is 2.99. The Hall–Kier alpha value is -2.25. The maximum atomic E-state index is 12.4. The lowest BCUT2D eigenvalue weighted by molar-refractivity contribution is 0.0595. The van der Waals surface area contributed by atoms with Crippen molar-refractivity contribution in [2.45, 2.75) is 6.54 Å². The van der Waals surface area contributed by atoms with Gasteiger partial charge in [-0.25, -0.2) is 13.9 Å². The predicted octanol–water partition coefficient (Wildman–Crippen LogP) is 0.435. The van der Waals surface area contributed by atoms with Crippen LogP contribution in [0, 0.1) is 0 Å². The summed E-state index contributed by atoms with van der Waals surface area (Å²) in [6.07, 6.45) is 3.25. The normalized spacial score (nSPS) is 10.6. The summed E-state index contributed by atoms with van der Waals surface area (Å²) in [4.78, 5) is 11.6. The van der Waals surface area contributed by atoms with E-state index >= 15 is 0 Å². The van der Waals surface area contributed by atoms with E-state index in [0.717, 1.165) is 0 Å². The van der Waals surface area contributed by atoms with Gasteiger partial charge in [-0.1, -0.05) is 5.21 Å². The summed E-state index contributed by atoms with van der Waals surface area (Å²) in [6, 6.07) is 0. The predicted molar refractivity (Wildman–Crippen MR) is 59.5 cm³/mol. The Balaban J connectivity index is 2.53. The number of alkyl halides is 1. The van der Waals surface area contributed by atoms with E-state index in [2.05, 4.69) is 20.1 Å². The number of hydrogen-bond donors (Lipinski definition) is 0. The van der Waals surface area contributed by atoms with Crippen LogP contribution in [0.1, 0.15) is 10.5 Å². The number of aryl methyl sites for hydroxylation is 2. The lowest BCUT2D eigenvalue weighted by Gasteiger charge is -2.03. The number of hydrogen-bond acceptors (Lipinski definition) is 5. The van der Waals surface area contributed by atoms with Crippen molar-refractivity contribution >= 4 is 5.97 Å². The van der Waals surface area contributed by atoms with Gasteiger partial charge < -0.3 is 4.74 Å². The number of halogens is 1. The summed E-state index contributed by atoms with van der Waals surface area (Å²) < 4.78 is 20.0. The number of nitrogens with zero attached hydrogens (tertiary/aromatic N) is 5. The largest absolute Gasteiger partial charge is 0.464 e. The molecule has 0 saturated heterocycles. The van der Waals surface area contributed by atoms with E-state index in [0.29, 0.717) is 11.3 Å². The number of aromatic nitrogens is 5. The molecule has 18 heavy (non-hydrogen) atoms. The van der Waals surface area contributed by atoms with Crippen molar-refractivity contribution in [3.05, 3.63) is 18.1 Å². The van der Waals surface area contributed by atoms with E-state index in [9.17, 15) is 9.18 Å². The second kappa shape index (κ2) is 4.94. The van der Waals surface area contributed by atoms with Gasteiger partial charge >= 0.3 is 5.97 Å². The van der Waals surface area contributed by atoms with Gasteiger partial charge in [0.1, 0.15) is 12.4 Å². The quantitative estimate of drug-likeness (QED) is 0.739. The number of methoxy groups -OCH3 is 1. The standard InChI is InChI=1S/C10H12FN5O2/c1-15-6-7(5-12-15)9-8(10(17)18-2)13-14-16(9)4-3-11/h5-6H,3-4H2,1-2H3. The Morgan fingerprint density at radius 3 is 2.89 bits per heavy atom. The van der Waals surface area contributed by atoms with Gasteiger partial charge in [-0.15, -0.1) is 5.10 Å². The van der Waals surface area contributed by atoms with Crippen molar-refractivity contribution in [2.24, 2.45) is 7.05 Å². The van der Waals surface area contributed by atoms with Crippen molar-refractivity contribution < 1.29 is 13.9 Å². The highest BCUT2D eigenvalue weighted by Gasteiger charge is 2.22. The highest BCUT2D eigenvalue weighted by atomic mass is 19.1. The Bertz CT molecular complexity index is 562. The van der Waals surface area contributed by atoms with Gasteiger partial charge in [-0.3, -0.25) is 4.68 Å². The van der Waals surface area contributed by atoms with Gasteiger partial charge in [0, 0.05) is 18.8 Å². The summed E-state index contributed by atoms with van der Waals surface area (Å²) in [6.45, 7) is -0.578. The van der Waals surface area contributed by atoms with Gasteiger partial charge in [-0.05, 0) is 0 Å². The lowest BCUT2D eigenvalue weighted by atomic mass is 10.2. The smallest absolute Gasteiger partial charge is 0.360 e. The average molecular weight is 253 g/mol. The van der Waals surface area contributed by atoms with Crippen LogP contribution < -0.4 is 0 Å². The molecule has 7 nitrogen and oxygen atoms in total. The molecule has 0 radical (unpaired) electrons. The third kappa shape index (κ3) is 2.08. The first-order chi connectivity index (χ1) is 8.67. The second-order valence-electron chi connectivity index (χ2n) is 3.59. The molecule has 2 rings (SSSR count). The molecular weight excluding hydrogens is 241 g/mol. The van der Waals surface area contributed by atoms with Gasteiger partial charge in [0.25, 0.3) is 0 Å². The molecule has 0 aliphatic heterocycles. The molecule has 8 heteroatoms. The highest BCUT2D eigenvalue weighted by Crippen LogP contribution is 2.22. The van der Waals surface area contributed by atoms with Crippen molar-refractivity contribution in [3.63, 3.8) is 0 Å². The SMILES string of the molecule is COC(=O)c1nnn(CCF)c1-c1cnn(C)c1. The maximum absolute atomic E-state index is 12.4. The van der Waals surface area contributed by atoms with E-state index in [1.807, 2.05) is 0 Å². The van der Waals surface area contributed by atoms with Crippen LogP contribution in [0.2, 0.25) is 0 Å². The van der Waals surface area contributed by atoms with Crippen LogP contribution >= 0.6 is 0 Å². The molecule has 2 aromatic rings. The molecule has 0 saturated carbocycles. The number of rotatable bonds is 4. The fourth-order valence-corrected chi connectivity index (χ4v) is 1.61. The maximum Gasteiger partial charge on any atom is 0.360 e. The molecule has 0 spiro atoms. The van der Waals surface area contributed by atoms with Gasteiger partial charge in [-0.2, -0.15) is 5.10 Å². The Morgan fingerprint density at radius 1 is 1.56 bits per heavy atom. The van der Waals surface area contributed by atoms with Crippen LogP contribution in [0.25, 0.3) is 11.3 Å². The van der Waals surface area contributed by atoms with Crippen molar-refractivity contribution in [1.29, 1.82) is 0 Å². The Morgan fingerprint density at radius 2 is 2.33 bits per heavy atom. The van der Waals surface area contributed by atoms with E-state index < -0.39 is 12.6 Å². The number of ether oxygens (including phenoxy) is 1. The van der Waals surface area contributed by atoms with Crippen LogP contribution in [0.4, 0.5) is 4.39 Å². The van der Waals surface area contributed by atoms with Crippen LogP contribution in [0.15, 0.2) is 12.4 Å². The van der Waals surface area contributed by atoms with E-state index in [1.165, 1.54) is 11.8 Å². The first-order valence-electron chi connectivity index (χ1n) is 5.24. The molecular formula is C10H12FN5O2. The zero-order valence-electron chi connectivity index (χ0n) is 10.00. The van der Waals surface area contributed by atoms with Gasteiger partial charge in [0.15, 0.2) is 5.69 Å². The summed E-state index contributed by atoms with van der Waals surface area (Å²) >= 11 is 0.